The molecule has 0 saturated heterocycles. The zero-order valence-electron chi connectivity index (χ0n) is 32.9. The topological polar surface area (TPSA) is 66.8 Å². The van der Waals surface area contributed by atoms with E-state index in [2.05, 4.69) is 13.8 Å². The molecule has 2 atom stereocenters. The average Bonchev–Trinajstić information content (AvgIpc) is 3.08. The monoisotopic (exact) mass is 681 g/mol. The molecule has 4 nitrogen and oxygen atoms in total. The number of carbonyl (C=O) groups is 1. The van der Waals surface area contributed by atoms with Crippen molar-refractivity contribution in [3.05, 3.63) is 0 Å². The molecule has 0 aromatic carbocycles. The number of unbranched alkanes of at least 4 members (excludes halogenated alkanes) is 31. The van der Waals surface area contributed by atoms with Gasteiger partial charge in [0.1, 0.15) is 6.61 Å². The number of ether oxygens (including phenoxy) is 1. The van der Waals surface area contributed by atoms with E-state index in [1.807, 2.05) is 0 Å². The Morgan fingerprint density at radius 1 is 0.375 bits per heavy atom. The molecule has 0 heterocycles. The van der Waals surface area contributed by atoms with Crippen LogP contribution in [0.25, 0.3) is 0 Å². The van der Waals surface area contributed by atoms with Crippen LogP contribution in [0.2, 0.25) is 0 Å². The minimum absolute atomic E-state index is 0.0964. The van der Waals surface area contributed by atoms with E-state index in [1.165, 1.54) is 193 Å². The van der Waals surface area contributed by atoms with Crippen LogP contribution in [0, 0.1) is 0 Å². The molecule has 2 unspecified atom stereocenters. The Bertz CT molecular complexity index is 609. The molecule has 4 heteroatoms. The number of aliphatic hydroxyl groups is 2. The van der Waals surface area contributed by atoms with E-state index >= 15 is 0 Å². The van der Waals surface area contributed by atoms with E-state index in [1.54, 1.807) is 0 Å². The van der Waals surface area contributed by atoms with Gasteiger partial charge in [0.25, 0.3) is 0 Å². The fourth-order valence-electron chi connectivity index (χ4n) is 6.99. The minimum Gasteiger partial charge on any atom is -0.463 e. The molecule has 0 amide bonds. The van der Waals surface area contributed by atoms with Gasteiger partial charge in [0.2, 0.25) is 0 Å². The maximum atomic E-state index is 12.0. The van der Waals surface area contributed by atoms with Crippen molar-refractivity contribution in [1.29, 1.82) is 0 Å². The van der Waals surface area contributed by atoms with Crippen LogP contribution in [-0.4, -0.2) is 35.0 Å². The number of hydrogen-bond acceptors (Lipinski definition) is 4. The summed E-state index contributed by atoms with van der Waals surface area (Å²) in [6.07, 6.45) is 47.2. The van der Waals surface area contributed by atoms with E-state index in [4.69, 9.17) is 4.74 Å². The Labute approximate surface area is 301 Å². The van der Waals surface area contributed by atoms with Crippen LogP contribution in [0.4, 0.5) is 0 Å². The fraction of sp³-hybridized carbons (Fsp3) is 0.977. The van der Waals surface area contributed by atoms with Gasteiger partial charge in [-0.1, -0.05) is 226 Å². The molecule has 0 aliphatic carbocycles. The lowest BCUT2D eigenvalue weighted by molar-refractivity contribution is -0.146. The second kappa shape index (κ2) is 40.8. The lowest BCUT2D eigenvalue weighted by Gasteiger charge is -2.11. The maximum absolute atomic E-state index is 12.0. The van der Waals surface area contributed by atoms with Crippen molar-refractivity contribution in [3.8, 4) is 0 Å². The maximum Gasteiger partial charge on any atom is 0.305 e. The lowest BCUT2D eigenvalue weighted by Crippen LogP contribution is -2.18. The number of rotatable bonds is 41. The van der Waals surface area contributed by atoms with Crippen LogP contribution in [0.5, 0.6) is 0 Å². The van der Waals surface area contributed by atoms with Gasteiger partial charge in [-0.25, -0.2) is 0 Å². The molecule has 0 saturated carbocycles. The molecule has 0 radical (unpaired) electrons. The second-order valence-electron chi connectivity index (χ2n) is 15.4. The first-order valence-electron chi connectivity index (χ1n) is 22.1. The summed E-state index contributed by atoms with van der Waals surface area (Å²) < 4.78 is 5.32. The van der Waals surface area contributed by atoms with Crippen molar-refractivity contribution in [2.45, 2.75) is 270 Å². The van der Waals surface area contributed by atoms with Crippen LogP contribution in [-0.2, 0) is 9.53 Å². The molecule has 0 fully saturated rings. The Morgan fingerprint density at radius 2 is 0.625 bits per heavy atom. The van der Waals surface area contributed by atoms with Crippen LogP contribution >= 0.6 is 0 Å². The molecule has 0 aliphatic rings. The van der Waals surface area contributed by atoms with Crippen molar-refractivity contribution >= 4 is 5.97 Å². The van der Waals surface area contributed by atoms with Crippen molar-refractivity contribution in [1.82, 2.24) is 0 Å². The Kier molecular flexibility index (Phi) is 40.3. The number of carbonyl (C=O) groups excluding carboxylic acids is 1. The van der Waals surface area contributed by atoms with Gasteiger partial charge in [0.05, 0.1) is 12.2 Å². The van der Waals surface area contributed by atoms with E-state index in [0.29, 0.717) is 6.42 Å². The molecule has 0 aromatic rings. The third kappa shape index (κ3) is 39.8. The highest BCUT2D eigenvalue weighted by Gasteiger charge is 2.09. The summed E-state index contributed by atoms with van der Waals surface area (Å²) >= 11 is 0. The fourth-order valence-corrected chi connectivity index (χ4v) is 6.99. The van der Waals surface area contributed by atoms with Gasteiger partial charge < -0.3 is 14.9 Å². The van der Waals surface area contributed by atoms with Gasteiger partial charge in [0.15, 0.2) is 0 Å². The van der Waals surface area contributed by atoms with Gasteiger partial charge in [-0.3, -0.25) is 4.79 Å². The summed E-state index contributed by atoms with van der Waals surface area (Å²) in [6.45, 7) is 4.68. The van der Waals surface area contributed by atoms with Crippen molar-refractivity contribution < 1.29 is 19.7 Å². The lowest BCUT2D eigenvalue weighted by atomic mass is 10.0. The van der Waals surface area contributed by atoms with Crippen LogP contribution in [0.1, 0.15) is 258 Å². The third-order valence-corrected chi connectivity index (χ3v) is 10.4. The predicted molar refractivity (Wildman–Crippen MR) is 210 cm³/mol. The first-order chi connectivity index (χ1) is 23.6. The predicted octanol–water partition coefficient (Wildman–Crippen LogP) is 14.1. The van der Waals surface area contributed by atoms with E-state index in [-0.39, 0.29) is 18.7 Å². The summed E-state index contributed by atoms with van der Waals surface area (Å²) in [5.74, 6) is -0.156. The molecule has 0 bridgehead atoms. The van der Waals surface area contributed by atoms with Crippen LogP contribution in [0.15, 0.2) is 0 Å². The molecule has 0 spiro atoms. The highest BCUT2D eigenvalue weighted by Crippen LogP contribution is 2.17. The highest BCUT2D eigenvalue weighted by atomic mass is 16.5. The van der Waals surface area contributed by atoms with Gasteiger partial charge in [0, 0.05) is 6.42 Å². The molecule has 288 valence electrons. The quantitative estimate of drug-likeness (QED) is 0.0498. The summed E-state index contributed by atoms with van der Waals surface area (Å²) in [4.78, 5) is 12.0. The summed E-state index contributed by atoms with van der Waals surface area (Å²) in [5, 5.41) is 20.2. The van der Waals surface area contributed by atoms with E-state index in [9.17, 15) is 15.0 Å². The van der Waals surface area contributed by atoms with Crippen molar-refractivity contribution in [2.24, 2.45) is 0 Å². The largest absolute Gasteiger partial charge is 0.463 e. The number of aliphatic hydroxyl groups excluding tert-OH is 2. The average molecular weight is 681 g/mol. The van der Waals surface area contributed by atoms with Gasteiger partial charge in [-0.05, 0) is 25.7 Å². The molecule has 2 N–H and O–H groups in total. The first kappa shape index (κ1) is 47.4. The molecule has 0 rings (SSSR count). The molecule has 0 aliphatic heterocycles. The van der Waals surface area contributed by atoms with Crippen LogP contribution in [0.3, 0.4) is 0 Å². The molecule has 0 aromatic heterocycles. The zero-order chi connectivity index (χ0) is 35.0. The summed E-state index contributed by atoms with van der Waals surface area (Å²) in [7, 11) is 0. The van der Waals surface area contributed by atoms with E-state index in [0.717, 1.165) is 44.9 Å². The number of hydrogen-bond donors (Lipinski definition) is 2. The molecular formula is C44H88O4. The summed E-state index contributed by atoms with van der Waals surface area (Å²) in [6, 6.07) is 0. The highest BCUT2D eigenvalue weighted by molar-refractivity contribution is 5.69. The normalized spacial score (nSPS) is 12.8. The van der Waals surface area contributed by atoms with E-state index < -0.39 is 6.10 Å². The van der Waals surface area contributed by atoms with Gasteiger partial charge >= 0.3 is 5.97 Å². The smallest absolute Gasteiger partial charge is 0.305 e. The summed E-state index contributed by atoms with van der Waals surface area (Å²) in [5.41, 5.74) is 0. The Hall–Kier alpha value is -0.610. The third-order valence-electron chi connectivity index (χ3n) is 10.4. The molecular weight excluding hydrogens is 592 g/mol. The first-order valence-corrected chi connectivity index (χ1v) is 22.1. The molecule has 48 heavy (non-hydrogen) atoms. The van der Waals surface area contributed by atoms with Crippen molar-refractivity contribution in [3.63, 3.8) is 0 Å². The number of esters is 1. The van der Waals surface area contributed by atoms with Crippen molar-refractivity contribution in [2.75, 3.05) is 6.61 Å². The second-order valence-corrected chi connectivity index (χ2v) is 15.4. The van der Waals surface area contributed by atoms with Crippen LogP contribution < -0.4 is 0 Å². The zero-order valence-corrected chi connectivity index (χ0v) is 32.9. The SMILES string of the molecule is CCCCCCCCCCCCCCCCCCCCCCCCC(O)COC(=O)CCCCCCCCCCC(O)CCCCCC. The Balaban J connectivity index is 3.28. The van der Waals surface area contributed by atoms with Gasteiger partial charge in [-0.2, -0.15) is 0 Å². The minimum atomic E-state index is -0.513. The Morgan fingerprint density at radius 3 is 0.958 bits per heavy atom. The standard InChI is InChI=1S/C44H88O4/c1-3-5-7-9-10-11-12-13-14-15-16-17-18-19-20-21-22-23-24-28-31-35-39-43(46)41-48-44(47)40-36-32-29-26-25-27-30-34-38-42(45)37-33-8-6-4-2/h42-43,45-46H,3-41H2,1-2H3. The van der Waals surface area contributed by atoms with Gasteiger partial charge in [-0.15, -0.1) is 0 Å².